The summed E-state index contributed by atoms with van der Waals surface area (Å²) in [6.45, 7) is -1.14. The molecule has 2 aliphatic rings. The molecule has 0 N–H and O–H groups in total. The van der Waals surface area contributed by atoms with Crippen LogP contribution in [0.2, 0.25) is 0 Å². The lowest BCUT2D eigenvalue weighted by molar-refractivity contribution is -0.187. The van der Waals surface area contributed by atoms with Gasteiger partial charge in [-0.15, -0.1) is 0 Å². The van der Waals surface area contributed by atoms with Crippen molar-refractivity contribution in [3.63, 3.8) is 0 Å². The van der Waals surface area contributed by atoms with Crippen LogP contribution in [0.5, 0.6) is 0 Å². The summed E-state index contributed by atoms with van der Waals surface area (Å²) in [5.41, 5.74) is 0. The van der Waals surface area contributed by atoms with Crippen molar-refractivity contribution in [1.29, 1.82) is 0 Å². The Kier molecular flexibility index (Phi) is 1.95. The molecule has 2 bridgehead atoms. The van der Waals surface area contributed by atoms with Crippen molar-refractivity contribution in [3.05, 3.63) is 24.3 Å². The third-order valence-corrected chi connectivity index (χ3v) is 2.31. The lowest BCUT2D eigenvalue weighted by atomic mass is 10.1. The van der Waals surface area contributed by atoms with Crippen LogP contribution in [0.15, 0.2) is 24.3 Å². The molecule has 0 saturated heterocycles. The predicted molar refractivity (Wildman–Crippen MR) is 41.1 cm³/mol. The van der Waals surface area contributed by atoms with Gasteiger partial charge in [0.1, 0.15) is 6.61 Å². The molecule has 0 aromatic rings. The molecule has 4 heteroatoms. The average molecular weight is 190 g/mol. The molecule has 0 atom stereocenters. The summed E-state index contributed by atoms with van der Waals surface area (Å²) in [4.78, 5) is 0. The number of hydrogen-bond donors (Lipinski definition) is 0. The maximum atomic E-state index is 11.8. The maximum Gasteiger partial charge on any atom is 0.411 e. The second kappa shape index (κ2) is 2.87. The Morgan fingerprint density at radius 1 is 1.00 bits per heavy atom. The molecular weight excluding hydrogens is 181 g/mol. The molecule has 13 heavy (non-hydrogen) atoms. The van der Waals surface area contributed by atoms with Crippen LogP contribution in [0, 0.1) is 11.8 Å². The Balaban J connectivity index is 1.86. The Morgan fingerprint density at radius 3 is 1.85 bits per heavy atom. The Hall–Kier alpha value is -0.770. The molecule has 1 nitrogen and oxygen atoms in total. The minimum absolute atomic E-state index is 0.0485. The molecule has 0 heterocycles. The zero-order valence-electron chi connectivity index (χ0n) is 6.79. The lowest BCUT2D eigenvalue weighted by Crippen LogP contribution is -2.27. The summed E-state index contributed by atoms with van der Waals surface area (Å²) in [7, 11) is 0. The van der Waals surface area contributed by atoms with Gasteiger partial charge in [0.05, 0.1) is 6.10 Å². The summed E-state index contributed by atoms with van der Waals surface area (Å²) >= 11 is 0. The van der Waals surface area contributed by atoms with E-state index in [-0.39, 0.29) is 17.9 Å². The van der Waals surface area contributed by atoms with Gasteiger partial charge in [0, 0.05) is 11.8 Å². The fourth-order valence-corrected chi connectivity index (χ4v) is 1.75. The number of ether oxygens (including phenoxy) is 1. The highest BCUT2D eigenvalue weighted by Crippen LogP contribution is 2.36. The van der Waals surface area contributed by atoms with Crippen molar-refractivity contribution >= 4 is 0 Å². The van der Waals surface area contributed by atoms with Crippen LogP contribution in [-0.2, 0) is 4.74 Å². The average Bonchev–Trinajstić information content (AvgIpc) is 2.57. The second-order valence-corrected chi connectivity index (χ2v) is 3.32. The van der Waals surface area contributed by atoms with Crippen molar-refractivity contribution < 1.29 is 17.9 Å². The summed E-state index contributed by atoms with van der Waals surface area (Å²) < 4.78 is 40.3. The molecule has 0 unspecified atom stereocenters. The van der Waals surface area contributed by atoms with Crippen LogP contribution < -0.4 is 0 Å². The molecule has 0 aliphatic heterocycles. The highest BCUT2D eigenvalue weighted by atomic mass is 19.4. The van der Waals surface area contributed by atoms with Gasteiger partial charge in [-0.05, 0) is 0 Å². The molecule has 0 aromatic heterocycles. The highest BCUT2D eigenvalue weighted by molar-refractivity contribution is 5.26. The first kappa shape index (κ1) is 8.81. The van der Waals surface area contributed by atoms with E-state index in [1.54, 1.807) is 0 Å². The number of rotatable bonds is 2. The zero-order valence-corrected chi connectivity index (χ0v) is 6.79. The van der Waals surface area contributed by atoms with Crippen LogP contribution in [0.3, 0.4) is 0 Å². The Morgan fingerprint density at radius 2 is 1.46 bits per heavy atom. The van der Waals surface area contributed by atoms with Gasteiger partial charge >= 0.3 is 6.18 Å². The Bertz CT molecular complexity index is 224. The molecule has 2 aliphatic carbocycles. The molecule has 0 saturated carbocycles. The van der Waals surface area contributed by atoms with Crippen LogP contribution in [0.1, 0.15) is 0 Å². The van der Waals surface area contributed by atoms with Crippen molar-refractivity contribution in [2.45, 2.75) is 12.3 Å². The summed E-state index contributed by atoms with van der Waals surface area (Å²) in [5, 5.41) is 0. The summed E-state index contributed by atoms with van der Waals surface area (Å²) in [6.07, 6.45) is 3.04. The van der Waals surface area contributed by atoms with Crippen molar-refractivity contribution in [2.24, 2.45) is 11.8 Å². The molecule has 2 rings (SSSR count). The van der Waals surface area contributed by atoms with Crippen molar-refractivity contribution in [1.82, 2.24) is 0 Å². The second-order valence-electron chi connectivity index (χ2n) is 3.32. The first-order chi connectivity index (χ1) is 6.06. The van der Waals surface area contributed by atoms with Gasteiger partial charge in [-0.25, -0.2) is 0 Å². The molecule has 0 spiro atoms. The molecular formula is C9H9F3O. The van der Waals surface area contributed by atoms with Crippen molar-refractivity contribution in [2.75, 3.05) is 6.61 Å². The zero-order chi connectivity index (χ0) is 9.47. The van der Waals surface area contributed by atoms with E-state index in [2.05, 4.69) is 0 Å². The third-order valence-electron chi connectivity index (χ3n) is 2.31. The molecule has 0 radical (unpaired) electrons. The van der Waals surface area contributed by atoms with Gasteiger partial charge in [0.25, 0.3) is 0 Å². The number of alkyl halides is 3. The SMILES string of the molecule is FC(F)(F)COC1C2C=CC1C=C2. The molecule has 0 fully saturated rings. The van der Waals surface area contributed by atoms with E-state index in [0.717, 1.165) is 0 Å². The van der Waals surface area contributed by atoms with Gasteiger partial charge < -0.3 is 4.74 Å². The fourth-order valence-electron chi connectivity index (χ4n) is 1.75. The Labute approximate surface area is 73.9 Å². The van der Waals surface area contributed by atoms with E-state index in [9.17, 15) is 13.2 Å². The monoisotopic (exact) mass is 190 g/mol. The molecule has 0 amide bonds. The molecule has 72 valence electrons. The van der Waals surface area contributed by atoms with Crippen LogP contribution in [0.4, 0.5) is 13.2 Å². The van der Waals surface area contributed by atoms with Crippen LogP contribution >= 0.6 is 0 Å². The highest BCUT2D eigenvalue weighted by Gasteiger charge is 2.37. The first-order valence-electron chi connectivity index (χ1n) is 4.11. The van der Waals surface area contributed by atoms with Gasteiger partial charge in [0.2, 0.25) is 0 Å². The van der Waals surface area contributed by atoms with E-state index in [0.29, 0.717) is 0 Å². The predicted octanol–water partition coefficient (Wildman–Crippen LogP) is 2.31. The largest absolute Gasteiger partial charge is 0.411 e. The first-order valence-corrected chi connectivity index (χ1v) is 4.11. The molecule has 0 aromatic carbocycles. The minimum Gasteiger partial charge on any atom is -0.367 e. The van der Waals surface area contributed by atoms with E-state index in [1.165, 1.54) is 0 Å². The van der Waals surface area contributed by atoms with E-state index >= 15 is 0 Å². The number of fused-ring (bicyclic) bond motifs is 2. The van der Waals surface area contributed by atoms with Crippen LogP contribution in [-0.4, -0.2) is 18.9 Å². The third kappa shape index (κ3) is 1.77. The minimum atomic E-state index is -4.22. The quantitative estimate of drug-likeness (QED) is 0.607. The van der Waals surface area contributed by atoms with Crippen molar-refractivity contribution in [3.8, 4) is 0 Å². The maximum absolute atomic E-state index is 11.8. The topological polar surface area (TPSA) is 9.23 Å². The van der Waals surface area contributed by atoms with Gasteiger partial charge in [-0.2, -0.15) is 13.2 Å². The number of halogens is 3. The summed E-state index contributed by atoms with van der Waals surface area (Å²) in [6, 6.07) is 0. The smallest absolute Gasteiger partial charge is 0.367 e. The van der Waals surface area contributed by atoms with Crippen LogP contribution in [0.25, 0.3) is 0 Å². The van der Waals surface area contributed by atoms with Gasteiger partial charge in [-0.3, -0.25) is 0 Å². The lowest BCUT2D eigenvalue weighted by Gasteiger charge is -2.18. The van der Waals surface area contributed by atoms with Gasteiger partial charge in [-0.1, -0.05) is 24.3 Å². The van der Waals surface area contributed by atoms with E-state index < -0.39 is 12.8 Å². The normalized spacial score (nSPS) is 36.1. The van der Waals surface area contributed by atoms with Gasteiger partial charge in [0.15, 0.2) is 0 Å². The summed E-state index contributed by atoms with van der Waals surface area (Å²) in [5.74, 6) is 0.0969. The van der Waals surface area contributed by atoms with E-state index in [1.807, 2.05) is 24.3 Å². The standard InChI is InChI=1S/C9H9F3O/c10-9(11,12)5-13-8-6-1-2-7(8)4-3-6/h1-4,6-8H,5H2. The fraction of sp³-hybridized carbons (Fsp3) is 0.556. The van der Waals surface area contributed by atoms with E-state index in [4.69, 9.17) is 4.74 Å². The number of hydrogen-bond acceptors (Lipinski definition) is 1.